The van der Waals surface area contributed by atoms with Crippen LogP contribution in [0.1, 0.15) is 5.56 Å². The molecule has 0 unspecified atom stereocenters. The van der Waals surface area contributed by atoms with Crippen LogP contribution in [0, 0.1) is 11.3 Å². The van der Waals surface area contributed by atoms with E-state index in [2.05, 4.69) is 4.98 Å². The van der Waals surface area contributed by atoms with Crippen molar-refractivity contribution in [3.05, 3.63) is 36.0 Å². The van der Waals surface area contributed by atoms with Crippen LogP contribution in [0.25, 0.3) is 10.9 Å². The Kier molecular flexibility index (Phi) is 4.26. The average molecular weight is 307 g/mol. The molecule has 1 atom stereocenters. The Morgan fingerprint density at radius 2 is 2.14 bits per heavy atom. The van der Waals surface area contributed by atoms with Gasteiger partial charge in [-0.3, -0.25) is 4.79 Å². The lowest BCUT2D eigenvalue weighted by molar-refractivity contribution is -0.138. The van der Waals surface area contributed by atoms with Crippen LogP contribution in [-0.2, 0) is 21.2 Å². The van der Waals surface area contributed by atoms with E-state index < -0.39 is 27.8 Å². The highest BCUT2D eigenvalue weighted by Gasteiger charge is 2.25. The van der Waals surface area contributed by atoms with Gasteiger partial charge >= 0.3 is 5.97 Å². The molecule has 1 aromatic heterocycles. The molecular formula is C13H13N3O4S. The van der Waals surface area contributed by atoms with Crippen molar-refractivity contribution >= 4 is 26.9 Å². The van der Waals surface area contributed by atoms with Gasteiger partial charge < -0.3 is 10.1 Å². The van der Waals surface area contributed by atoms with Gasteiger partial charge in [-0.25, -0.2) is 8.42 Å². The summed E-state index contributed by atoms with van der Waals surface area (Å²) >= 11 is 0. The second-order valence-electron chi connectivity index (χ2n) is 4.49. The van der Waals surface area contributed by atoms with Crippen molar-refractivity contribution in [2.75, 3.05) is 5.75 Å². The number of benzene rings is 1. The number of nitriles is 1. The number of aromatic nitrogens is 1. The van der Waals surface area contributed by atoms with Gasteiger partial charge in [0, 0.05) is 23.5 Å². The third kappa shape index (κ3) is 3.59. The lowest BCUT2D eigenvalue weighted by Crippen LogP contribution is -2.43. The number of hydrogen-bond acceptors (Lipinski definition) is 4. The standard InChI is InChI=1S/C13H13N3O4S/c14-5-6-21(19,20)16-12(13(17)18)7-9-8-15-11-4-2-1-3-10(9)11/h1-4,8,12,15-16H,6-7H2,(H,17,18)/t12-/m0/s1. The van der Waals surface area contributed by atoms with Crippen molar-refractivity contribution in [2.24, 2.45) is 0 Å². The number of hydrogen-bond donors (Lipinski definition) is 3. The van der Waals surface area contributed by atoms with E-state index in [0.29, 0.717) is 5.56 Å². The van der Waals surface area contributed by atoms with Crippen LogP contribution in [0.3, 0.4) is 0 Å². The summed E-state index contributed by atoms with van der Waals surface area (Å²) in [4.78, 5) is 14.2. The van der Waals surface area contributed by atoms with Gasteiger partial charge in [0.2, 0.25) is 10.0 Å². The van der Waals surface area contributed by atoms with Gasteiger partial charge in [0.05, 0.1) is 6.07 Å². The Labute approximate surface area is 121 Å². The third-order valence-electron chi connectivity index (χ3n) is 2.97. The number of para-hydroxylation sites is 1. The average Bonchev–Trinajstić information content (AvgIpc) is 2.81. The minimum atomic E-state index is -3.93. The van der Waals surface area contributed by atoms with E-state index in [9.17, 15) is 13.2 Å². The molecule has 0 fully saturated rings. The summed E-state index contributed by atoms with van der Waals surface area (Å²) < 4.78 is 25.1. The van der Waals surface area contributed by atoms with E-state index in [-0.39, 0.29) is 6.42 Å². The zero-order valence-corrected chi connectivity index (χ0v) is 11.7. The molecule has 110 valence electrons. The highest BCUT2D eigenvalue weighted by Crippen LogP contribution is 2.19. The maximum Gasteiger partial charge on any atom is 0.322 e. The summed E-state index contributed by atoms with van der Waals surface area (Å²) in [5.41, 5.74) is 1.54. The van der Waals surface area contributed by atoms with Crippen LogP contribution in [-0.4, -0.2) is 36.3 Å². The van der Waals surface area contributed by atoms with Crippen molar-refractivity contribution in [3.8, 4) is 6.07 Å². The van der Waals surface area contributed by atoms with Crippen LogP contribution < -0.4 is 4.72 Å². The Hall–Kier alpha value is -2.37. The van der Waals surface area contributed by atoms with Crippen LogP contribution in [0.2, 0.25) is 0 Å². The maximum absolute atomic E-state index is 11.5. The number of rotatable bonds is 6. The van der Waals surface area contributed by atoms with Crippen LogP contribution in [0.15, 0.2) is 30.5 Å². The first-order valence-electron chi connectivity index (χ1n) is 6.07. The molecule has 1 heterocycles. The van der Waals surface area contributed by atoms with E-state index in [1.165, 1.54) is 6.07 Å². The summed E-state index contributed by atoms with van der Waals surface area (Å²) in [5, 5.41) is 18.4. The zero-order chi connectivity index (χ0) is 15.5. The fourth-order valence-electron chi connectivity index (χ4n) is 2.04. The molecule has 2 aromatic rings. The number of carboxylic acid groups (broad SMARTS) is 1. The topological polar surface area (TPSA) is 123 Å². The number of aliphatic carboxylic acids is 1. The lowest BCUT2D eigenvalue weighted by atomic mass is 10.1. The van der Waals surface area contributed by atoms with E-state index >= 15 is 0 Å². The monoisotopic (exact) mass is 307 g/mol. The molecule has 2 rings (SSSR count). The van der Waals surface area contributed by atoms with Gasteiger partial charge in [0.25, 0.3) is 0 Å². The van der Waals surface area contributed by atoms with E-state index in [1.54, 1.807) is 6.20 Å². The first-order valence-corrected chi connectivity index (χ1v) is 7.73. The smallest absolute Gasteiger partial charge is 0.322 e. The molecule has 1 aromatic carbocycles. The Bertz CT molecular complexity index is 804. The lowest BCUT2D eigenvalue weighted by Gasteiger charge is -2.13. The number of aromatic amines is 1. The van der Waals surface area contributed by atoms with Crippen molar-refractivity contribution < 1.29 is 18.3 Å². The molecule has 21 heavy (non-hydrogen) atoms. The van der Waals surface area contributed by atoms with Gasteiger partial charge in [-0.05, 0) is 11.6 Å². The number of nitrogens with one attached hydrogen (secondary N) is 2. The number of fused-ring (bicyclic) bond motifs is 1. The Morgan fingerprint density at radius 3 is 2.81 bits per heavy atom. The molecular weight excluding hydrogens is 294 g/mol. The molecule has 0 aliphatic carbocycles. The largest absolute Gasteiger partial charge is 0.480 e. The number of sulfonamides is 1. The predicted molar refractivity (Wildman–Crippen MR) is 76.0 cm³/mol. The molecule has 0 spiro atoms. The number of carbonyl (C=O) groups is 1. The molecule has 0 radical (unpaired) electrons. The van der Waals surface area contributed by atoms with E-state index in [4.69, 9.17) is 10.4 Å². The molecule has 0 amide bonds. The number of nitrogens with zero attached hydrogens (tertiary/aromatic N) is 1. The first kappa shape index (κ1) is 15.0. The second-order valence-corrected chi connectivity index (χ2v) is 6.24. The Morgan fingerprint density at radius 1 is 1.43 bits per heavy atom. The van der Waals surface area contributed by atoms with Gasteiger partial charge in [-0.2, -0.15) is 9.98 Å². The molecule has 3 N–H and O–H groups in total. The van der Waals surface area contributed by atoms with Gasteiger partial charge in [-0.1, -0.05) is 18.2 Å². The summed E-state index contributed by atoms with van der Waals surface area (Å²) in [5.74, 6) is -2.06. The summed E-state index contributed by atoms with van der Waals surface area (Å²) in [6, 6.07) is 7.49. The highest BCUT2D eigenvalue weighted by atomic mass is 32.2. The highest BCUT2D eigenvalue weighted by molar-refractivity contribution is 7.89. The van der Waals surface area contributed by atoms with Crippen molar-refractivity contribution in [2.45, 2.75) is 12.5 Å². The fourth-order valence-corrected chi connectivity index (χ4v) is 2.91. The van der Waals surface area contributed by atoms with Crippen molar-refractivity contribution in [3.63, 3.8) is 0 Å². The first-order chi connectivity index (χ1) is 9.93. The molecule has 7 nitrogen and oxygen atoms in total. The minimum Gasteiger partial charge on any atom is -0.480 e. The Balaban J connectivity index is 2.25. The normalized spacial score (nSPS) is 12.9. The van der Waals surface area contributed by atoms with E-state index in [1.807, 2.05) is 29.0 Å². The summed E-state index contributed by atoms with van der Waals surface area (Å²) in [6.45, 7) is 0. The van der Waals surface area contributed by atoms with Gasteiger partial charge in [-0.15, -0.1) is 0 Å². The minimum absolute atomic E-state index is 0.00992. The van der Waals surface area contributed by atoms with Gasteiger partial charge in [0.1, 0.15) is 6.04 Å². The van der Waals surface area contributed by atoms with E-state index in [0.717, 1.165) is 10.9 Å². The quantitative estimate of drug-likeness (QED) is 0.721. The molecule has 0 aliphatic heterocycles. The SMILES string of the molecule is N#CCS(=O)(=O)N[C@@H](Cc1c[nH]c2ccccc12)C(=O)O. The number of H-pyrrole nitrogens is 1. The summed E-state index contributed by atoms with van der Waals surface area (Å²) in [7, 11) is -3.93. The van der Waals surface area contributed by atoms with Crippen LogP contribution in [0.5, 0.6) is 0 Å². The molecule has 0 bridgehead atoms. The summed E-state index contributed by atoms with van der Waals surface area (Å²) in [6.07, 6.45) is 1.64. The second kappa shape index (κ2) is 5.95. The molecule has 0 saturated heterocycles. The van der Waals surface area contributed by atoms with Crippen LogP contribution >= 0.6 is 0 Å². The predicted octanol–water partition coefficient (Wildman–Crippen LogP) is 0.607. The fraction of sp³-hybridized carbons (Fsp3) is 0.231. The number of carboxylic acids is 1. The maximum atomic E-state index is 11.5. The van der Waals surface area contributed by atoms with Crippen molar-refractivity contribution in [1.82, 2.24) is 9.71 Å². The third-order valence-corrected chi connectivity index (χ3v) is 4.13. The zero-order valence-electron chi connectivity index (χ0n) is 10.9. The van der Waals surface area contributed by atoms with Crippen molar-refractivity contribution in [1.29, 1.82) is 5.26 Å². The molecule has 0 aliphatic rings. The van der Waals surface area contributed by atoms with Gasteiger partial charge in [0.15, 0.2) is 5.75 Å². The van der Waals surface area contributed by atoms with Crippen LogP contribution in [0.4, 0.5) is 0 Å². The molecule has 0 saturated carbocycles. The molecule has 8 heteroatoms.